The summed E-state index contributed by atoms with van der Waals surface area (Å²) in [6, 6.07) is 17.7. The minimum absolute atomic E-state index is 0.0455. The van der Waals surface area contributed by atoms with Crippen LogP contribution in [0.25, 0.3) is 0 Å². The van der Waals surface area contributed by atoms with Crippen LogP contribution in [0.2, 0.25) is 0 Å². The molecule has 4 atom stereocenters. The Kier molecular flexibility index (Phi) is 16.2. The fourth-order valence-corrected chi connectivity index (χ4v) is 6.63. The molecule has 2 aromatic rings. The Morgan fingerprint density at radius 3 is 2.22 bits per heavy atom. The molecule has 5 nitrogen and oxygen atoms in total. The molecular formula is C35H55NO4S. The molecule has 230 valence electrons. The molecule has 41 heavy (non-hydrogen) atoms. The molecule has 2 aromatic carbocycles. The second-order valence-corrected chi connectivity index (χ2v) is 13.0. The van der Waals surface area contributed by atoms with Crippen molar-refractivity contribution < 1.29 is 18.9 Å². The average molecular weight is 586 g/mol. The first kappa shape index (κ1) is 33.9. The first-order valence-corrected chi connectivity index (χ1v) is 16.9. The van der Waals surface area contributed by atoms with Gasteiger partial charge in [0.1, 0.15) is 12.4 Å². The highest BCUT2D eigenvalue weighted by molar-refractivity contribution is 8.00. The largest absolute Gasteiger partial charge is 0.492 e. The predicted octanol–water partition coefficient (Wildman–Crippen LogP) is 7.95. The fourth-order valence-electron chi connectivity index (χ4n) is 5.03. The molecule has 1 heterocycles. The predicted molar refractivity (Wildman–Crippen MR) is 173 cm³/mol. The second-order valence-electron chi connectivity index (χ2n) is 11.5. The molecule has 0 aliphatic carbocycles. The summed E-state index contributed by atoms with van der Waals surface area (Å²) in [5.74, 6) is 0.927. The number of thioether (sulfide) groups is 1. The van der Waals surface area contributed by atoms with E-state index in [0.29, 0.717) is 11.9 Å². The third-order valence-electron chi connectivity index (χ3n) is 7.50. The number of hydrogen-bond acceptors (Lipinski definition) is 6. The Morgan fingerprint density at radius 1 is 0.805 bits per heavy atom. The lowest BCUT2D eigenvalue weighted by Crippen LogP contribution is -2.44. The van der Waals surface area contributed by atoms with Gasteiger partial charge in [-0.05, 0) is 75.0 Å². The van der Waals surface area contributed by atoms with E-state index < -0.39 is 0 Å². The number of hydrogen-bond donors (Lipinski definition) is 0. The average Bonchev–Trinajstić information content (AvgIpc) is 2.97. The topological polar surface area (TPSA) is 40.2 Å². The number of benzene rings is 2. The van der Waals surface area contributed by atoms with Crippen molar-refractivity contribution in [2.45, 2.75) is 94.8 Å². The number of rotatable bonds is 20. The van der Waals surface area contributed by atoms with Crippen LogP contribution in [0.5, 0.6) is 5.75 Å². The number of unbranched alkanes of at least 4 members (excludes halogenated alkanes) is 3. The zero-order chi connectivity index (χ0) is 29.3. The van der Waals surface area contributed by atoms with Crippen LogP contribution in [-0.4, -0.2) is 76.0 Å². The molecule has 0 radical (unpaired) electrons. The van der Waals surface area contributed by atoms with E-state index >= 15 is 0 Å². The minimum atomic E-state index is 0.0455. The molecule has 1 aliphatic rings. The Balaban J connectivity index is 1.75. The van der Waals surface area contributed by atoms with E-state index in [0.717, 1.165) is 90.1 Å². The van der Waals surface area contributed by atoms with Crippen LogP contribution in [0.3, 0.4) is 0 Å². The van der Waals surface area contributed by atoms with Crippen LogP contribution in [-0.2, 0) is 20.6 Å². The van der Waals surface area contributed by atoms with Crippen molar-refractivity contribution in [2.75, 3.05) is 53.7 Å². The number of ether oxygens (including phenoxy) is 4. The van der Waals surface area contributed by atoms with Crippen molar-refractivity contribution in [1.29, 1.82) is 0 Å². The number of likely N-dealkylation sites (N-methyl/N-ethyl adjacent to an activating group) is 1. The van der Waals surface area contributed by atoms with Crippen molar-refractivity contribution in [3.8, 4) is 5.75 Å². The summed E-state index contributed by atoms with van der Waals surface area (Å²) in [5, 5.41) is 0.623. The zero-order valence-electron chi connectivity index (χ0n) is 26.3. The van der Waals surface area contributed by atoms with Gasteiger partial charge in [0, 0.05) is 31.6 Å². The van der Waals surface area contributed by atoms with E-state index in [4.69, 9.17) is 18.9 Å². The lowest BCUT2D eigenvalue weighted by atomic mass is 9.95. The van der Waals surface area contributed by atoms with Gasteiger partial charge in [0.2, 0.25) is 0 Å². The third kappa shape index (κ3) is 12.3. The maximum absolute atomic E-state index is 6.64. The summed E-state index contributed by atoms with van der Waals surface area (Å²) in [6.45, 7) is 11.5. The van der Waals surface area contributed by atoms with E-state index in [1.807, 2.05) is 11.8 Å². The van der Waals surface area contributed by atoms with Gasteiger partial charge in [0.05, 0.1) is 24.1 Å². The monoisotopic (exact) mass is 585 g/mol. The van der Waals surface area contributed by atoms with E-state index in [1.165, 1.54) is 16.7 Å². The van der Waals surface area contributed by atoms with Crippen molar-refractivity contribution in [3.05, 3.63) is 65.2 Å². The minimum Gasteiger partial charge on any atom is -0.492 e. The molecule has 1 fully saturated rings. The quantitative estimate of drug-likeness (QED) is 0.147. The van der Waals surface area contributed by atoms with Gasteiger partial charge < -0.3 is 23.8 Å². The molecular weight excluding hydrogens is 530 g/mol. The fraction of sp³-hybridized carbons (Fsp3) is 0.657. The van der Waals surface area contributed by atoms with Gasteiger partial charge in [-0.1, -0.05) is 76.4 Å². The van der Waals surface area contributed by atoms with E-state index in [1.54, 1.807) is 0 Å². The Hall–Kier alpha value is -1.57. The van der Waals surface area contributed by atoms with Gasteiger partial charge >= 0.3 is 0 Å². The summed E-state index contributed by atoms with van der Waals surface area (Å²) in [4.78, 5) is 2.13. The van der Waals surface area contributed by atoms with Gasteiger partial charge in [-0.15, -0.1) is 11.8 Å². The molecule has 1 aliphatic heterocycles. The first-order valence-electron chi connectivity index (χ1n) is 16.0. The van der Waals surface area contributed by atoms with Crippen molar-refractivity contribution in [2.24, 2.45) is 0 Å². The van der Waals surface area contributed by atoms with Gasteiger partial charge in [0.25, 0.3) is 0 Å². The molecule has 0 unspecified atom stereocenters. The maximum Gasteiger partial charge on any atom is 0.119 e. The van der Waals surface area contributed by atoms with Gasteiger partial charge in [-0.2, -0.15) is 0 Å². The highest BCUT2D eigenvalue weighted by atomic mass is 32.2. The Morgan fingerprint density at radius 2 is 1.51 bits per heavy atom. The van der Waals surface area contributed by atoms with Crippen LogP contribution in [0, 0.1) is 0 Å². The SMILES string of the molecule is CCCCOC[C@@H]1C[C@H](OCCCC)[C@@H](OCCCC)[C@H](c2cccc(Cc3ccc(OCCN(C)C)cc3)c2)S1. The van der Waals surface area contributed by atoms with Crippen LogP contribution >= 0.6 is 11.8 Å². The summed E-state index contributed by atoms with van der Waals surface area (Å²) < 4.78 is 25.2. The molecule has 0 amide bonds. The highest BCUT2D eigenvalue weighted by Gasteiger charge is 2.40. The second kappa shape index (κ2) is 19.6. The van der Waals surface area contributed by atoms with Crippen molar-refractivity contribution in [3.63, 3.8) is 0 Å². The summed E-state index contributed by atoms with van der Waals surface area (Å²) in [7, 11) is 4.13. The molecule has 0 aromatic heterocycles. The highest BCUT2D eigenvalue weighted by Crippen LogP contribution is 2.46. The molecule has 0 bridgehead atoms. The maximum atomic E-state index is 6.64. The Labute approximate surface area is 254 Å². The molecule has 1 saturated heterocycles. The first-order chi connectivity index (χ1) is 20.0. The zero-order valence-corrected chi connectivity index (χ0v) is 27.1. The lowest BCUT2D eigenvalue weighted by molar-refractivity contribution is -0.0841. The van der Waals surface area contributed by atoms with Crippen molar-refractivity contribution >= 4 is 11.8 Å². The van der Waals surface area contributed by atoms with E-state index in [2.05, 4.69) is 88.3 Å². The van der Waals surface area contributed by atoms with Gasteiger partial charge in [-0.3, -0.25) is 0 Å². The van der Waals surface area contributed by atoms with Crippen LogP contribution in [0.15, 0.2) is 48.5 Å². The van der Waals surface area contributed by atoms with E-state index in [9.17, 15) is 0 Å². The van der Waals surface area contributed by atoms with Gasteiger partial charge in [0.15, 0.2) is 0 Å². The molecule has 0 N–H and O–H groups in total. The summed E-state index contributed by atoms with van der Waals surface area (Å²) in [5.41, 5.74) is 3.94. The van der Waals surface area contributed by atoms with Gasteiger partial charge in [-0.25, -0.2) is 0 Å². The van der Waals surface area contributed by atoms with Crippen LogP contribution in [0.1, 0.15) is 87.7 Å². The third-order valence-corrected chi connectivity index (χ3v) is 9.05. The molecule has 0 saturated carbocycles. The smallest absolute Gasteiger partial charge is 0.119 e. The van der Waals surface area contributed by atoms with Crippen LogP contribution < -0.4 is 4.74 Å². The standard InChI is InChI=1S/C35H55NO4S/c1-6-9-20-37-27-32-26-33(39-21-10-7-2)34(40-22-11-8-3)35(41-32)30-14-12-13-29(25-30)24-28-15-17-31(18-16-28)38-23-19-36(4)5/h12-18,25,32-35H,6-11,19-24,26-27H2,1-5H3/t32-,33-,34+,35-/m0/s1. The summed E-state index contributed by atoms with van der Waals surface area (Å²) >= 11 is 2.03. The Bertz CT molecular complexity index is 953. The number of nitrogens with zero attached hydrogens (tertiary/aromatic N) is 1. The van der Waals surface area contributed by atoms with Crippen LogP contribution in [0.4, 0.5) is 0 Å². The lowest BCUT2D eigenvalue weighted by Gasteiger charge is -2.41. The van der Waals surface area contributed by atoms with Crippen molar-refractivity contribution in [1.82, 2.24) is 4.90 Å². The summed E-state index contributed by atoms with van der Waals surface area (Å²) in [6.07, 6.45) is 8.73. The van der Waals surface area contributed by atoms with E-state index in [-0.39, 0.29) is 17.5 Å². The normalized spacial score (nSPS) is 20.9. The molecule has 0 spiro atoms. The molecule has 3 rings (SSSR count). The molecule has 6 heteroatoms.